The van der Waals surface area contributed by atoms with Crippen LogP contribution in [0.25, 0.3) is 17.5 Å². The van der Waals surface area contributed by atoms with Crippen LogP contribution in [0.2, 0.25) is 5.02 Å². The van der Waals surface area contributed by atoms with Crippen LogP contribution in [-0.2, 0) is 16.1 Å². The molecule has 2 heterocycles. The smallest absolute Gasteiger partial charge is 0.249 e. The summed E-state index contributed by atoms with van der Waals surface area (Å²) in [5, 5.41) is 4.77. The highest BCUT2D eigenvalue weighted by Crippen LogP contribution is 2.31. The van der Waals surface area contributed by atoms with Gasteiger partial charge in [-0.25, -0.2) is 0 Å². The Hall–Kier alpha value is -4.23. The minimum Gasteiger partial charge on any atom is -0.337 e. The molecule has 198 valence electrons. The van der Waals surface area contributed by atoms with Crippen molar-refractivity contribution in [3.8, 4) is 11.4 Å². The Kier molecular flexibility index (Phi) is 8.48. The zero-order chi connectivity index (χ0) is 27.0. The second-order valence-corrected chi connectivity index (χ2v) is 9.92. The summed E-state index contributed by atoms with van der Waals surface area (Å²) in [6, 6.07) is 26.2. The number of amides is 2. The second-order valence-electron chi connectivity index (χ2n) is 9.49. The van der Waals surface area contributed by atoms with E-state index in [4.69, 9.17) is 16.1 Å². The summed E-state index contributed by atoms with van der Waals surface area (Å²) in [7, 11) is 0. The molecule has 3 aromatic carbocycles. The van der Waals surface area contributed by atoms with Crippen LogP contribution < -0.4 is 0 Å². The van der Waals surface area contributed by atoms with Gasteiger partial charge >= 0.3 is 0 Å². The predicted molar refractivity (Wildman–Crippen MR) is 150 cm³/mol. The van der Waals surface area contributed by atoms with Crippen molar-refractivity contribution in [1.29, 1.82) is 0 Å². The van der Waals surface area contributed by atoms with E-state index >= 15 is 0 Å². The number of halogens is 1. The van der Waals surface area contributed by atoms with Crippen molar-refractivity contribution in [3.63, 3.8) is 0 Å². The van der Waals surface area contributed by atoms with Gasteiger partial charge < -0.3 is 14.3 Å². The van der Waals surface area contributed by atoms with E-state index in [2.05, 4.69) is 10.1 Å². The molecule has 8 heteroatoms. The van der Waals surface area contributed by atoms with Crippen molar-refractivity contribution in [2.45, 2.75) is 31.8 Å². The summed E-state index contributed by atoms with van der Waals surface area (Å²) in [5.41, 5.74) is 2.65. The maximum Gasteiger partial charge on any atom is 0.249 e. The largest absolute Gasteiger partial charge is 0.337 e. The van der Waals surface area contributed by atoms with Crippen molar-refractivity contribution in [2.24, 2.45) is 0 Å². The average Bonchev–Trinajstić information content (AvgIpc) is 3.47. The van der Waals surface area contributed by atoms with Gasteiger partial charge in [0.05, 0.1) is 0 Å². The number of likely N-dealkylation sites (tertiary alicyclic amines) is 1. The van der Waals surface area contributed by atoms with E-state index in [0.717, 1.165) is 29.5 Å². The normalized spacial score (nSPS) is 15.4. The molecular formula is C31H29ClN4O3. The number of carbonyl (C=O) groups excluding carboxylic acids is 2. The molecule has 1 aromatic heterocycles. The van der Waals surface area contributed by atoms with Crippen molar-refractivity contribution in [2.75, 3.05) is 13.1 Å². The summed E-state index contributed by atoms with van der Waals surface area (Å²) in [4.78, 5) is 34.9. The van der Waals surface area contributed by atoms with Crippen LogP contribution in [-0.4, -0.2) is 44.8 Å². The zero-order valence-electron chi connectivity index (χ0n) is 21.4. The molecule has 39 heavy (non-hydrogen) atoms. The fourth-order valence-electron chi connectivity index (χ4n) is 4.68. The van der Waals surface area contributed by atoms with Gasteiger partial charge in [0.15, 0.2) is 0 Å². The van der Waals surface area contributed by atoms with Gasteiger partial charge in [-0.15, -0.1) is 0 Å². The number of hydrogen-bond acceptors (Lipinski definition) is 5. The van der Waals surface area contributed by atoms with E-state index in [-0.39, 0.29) is 24.4 Å². The van der Waals surface area contributed by atoms with Crippen LogP contribution in [0.3, 0.4) is 0 Å². The fraction of sp³-hybridized carbons (Fsp3) is 0.226. The third kappa shape index (κ3) is 6.81. The summed E-state index contributed by atoms with van der Waals surface area (Å²) in [6.45, 7) is 0.835. The van der Waals surface area contributed by atoms with Crippen LogP contribution in [0.4, 0.5) is 0 Å². The van der Waals surface area contributed by atoms with Crippen LogP contribution in [0.1, 0.15) is 42.3 Å². The highest BCUT2D eigenvalue weighted by atomic mass is 35.5. The highest BCUT2D eigenvalue weighted by molar-refractivity contribution is 6.30. The van der Waals surface area contributed by atoms with Gasteiger partial charge in [-0.1, -0.05) is 77.4 Å². The standard InChI is InChI=1S/C31H29ClN4O3/c32-26-17-15-25(16-18-26)30-33-31(39-34-30)27-13-7-8-20-36(27)29(38)22-35(21-24-11-5-2-6-12-24)28(37)19-14-23-9-3-1-4-10-23/h1-6,9-12,14-19,27H,7-8,13,20-22H2/b19-14+. The van der Waals surface area contributed by atoms with E-state index < -0.39 is 0 Å². The lowest BCUT2D eigenvalue weighted by Gasteiger charge is -2.35. The Balaban J connectivity index is 1.34. The van der Waals surface area contributed by atoms with Crippen molar-refractivity contribution in [1.82, 2.24) is 19.9 Å². The lowest BCUT2D eigenvalue weighted by atomic mass is 10.0. The van der Waals surface area contributed by atoms with Crippen LogP contribution in [0.15, 0.2) is 95.5 Å². The molecule has 0 bridgehead atoms. The van der Waals surface area contributed by atoms with Crippen LogP contribution in [0.5, 0.6) is 0 Å². The third-order valence-corrected chi connectivity index (χ3v) is 6.98. The topological polar surface area (TPSA) is 79.5 Å². The monoisotopic (exact) mass is 540 g/mol. The Morgan fingerprint density at radius 3 is 2.44 bits per heavy atom. The molecule has 1 saturated heterocycles. The van der Waals surface area contributed by atoms with E-state index in [1.54, 1.807) is 28.0 Å². The summed E-state index contributed by atoms with van der Waals surface area (Å²) < 4.78 is 5.63. The molecule has 7 nitrogen and oxygen atoms in total. The first-order valence-electron chi connectivity index (χ1n) is 13.0. The number of nitrogens with zero attached hydrogens (tertiary/aromatic N) is 4. The second kappa shape index (κ2) is 12.5. The SMILES string of the molecule is O=C(/C=C/c1ccccc1)N(CC(=O)N1CCCCC1c1nc(-c2ccc(Cl)cc2)no1)Cc1ccccc1. The maximum absolute atomic E-state index is 13.7. The first kappa shape index (κ1) is 26.4. The van der Waals surface area contributed by atoms with Gasteiger partial charge in [-0.05, 0) is 60.7 Å². The lowest BCUT2D eigenvalue weighted by Crippen LogP contribution is -2.45. The highest BCUT2D eigenvalue weighted by Gasteiger charge is 2.33. The van der Waals surface area contributed by atoms with Crippen molar-refractivity contribution in [3.05, 3.63) is 113 Å². The Labute approximate surface area is 232 Å². The summed E-state index contributed by atoms with van der Waals surface area (Å²) in [5.74, 6) is 0.472. The molecule has 0 N–H and O–H groups in total. The predicted octanol–water partition coefficient (Wildman–Crippen LogP) is 6.19. The van der Waals surface area contributed by atoms with Gasteiger partial charge in [-0.3, -0.25) is 9.59 Å². The molecule has 1 atom stereocenters. The number of carbonyl (C=O) groups is 2. The average molecular weight is 541 g/mol. The molecule has 1 unspecified atom stereocenters. The molecule has 0 spiro atoms. The van der Waals surface area contributed by atoms with E-state index in [1.165, 1.54) is 6.08 Å². The molecule has 0 saturated carbocycles. The van der Waals surface area contributed by atoms with Crippen LogP contribution in [0, 0.1) is 0 Å². The first-order valence-corrected chi connectivity index (χ1v) is 13.4. The number of piperidine rings is 1. The number of benzene rings is 3. The number of rotatable bonds is 8. The zero-order valence-corrected chi connectivity index (χ0v) is 22.2. The van der Waals surface area contributed by atoms with Crippen molar-refractivity contribution >= 4 is 29.5 Å². The third-order valence-electron chi connectivity index (χ3n) is 6.72. The number of aromatic nitrogens is 2. The molecule has 1 fully saturated rings. The molecule has 0 radical (unpaired) electrons. The van der Waals surface area contributed by atoms with Crippen molar-refractivity contribution < 1.29 is 14.1 Å². The van der Waals surface area contributed by atoms with Gasteiger partial charge in [-0.2, -0.15) is 4.98 Å². The van der Waals surface area contributed by atoms with Gasteiger partial charge in [0.1, 0.15) is 12.6 Å². The maximum atomic E-state index is 13.7. The van der Waals surface area contributed by atoms with E-state index in [0.29, 0.717) is 36.2 Å². The van der Waals surface area contributed by atoms with Gasteiger partial charge in [0, 0.05) is 29.8 Å². The summed E-state index contributed by atoms with van der Waals surface area (Å²) in [6.07, 6.45) is 5.83. The Morgan fingerprint density at radius 2 is 1.69 bits per heavy atom. The number of hydrogen-bond donors (Lipinski definition) is 0. The quantitative estimate of drug-likeness (QED) is 0.249. The first-order chi connectivity index (χ1) is 19.1. The molecule has 2 amide bonds. The molecule has 5 rings (SSSR count). The minimum absolute atomic E-state index is 0.0540. The van der Waals surface area contributed by atoms with E-state index in [9.17, 15) is 9.59 Å². The van der Waals surface area contributed by atoms with Gasteiger partial charge in [0.25, 0.3) is 0 Å². The lowest BCUT2D eigenvalue weighted by molar-refractivity contribution is -0.141. The van der Waals surface area contributed by atoms with E-state index in [1.807, 2.05) is 72.8 Å². The minimum atomic E-state index is -0.340. The molecule has 0 aliphatic carbocycles. The fourth-order valence-corrected chi connectivity index (χ4v) is 4.81. The molecule has 1 aliphatic heterocycles. The molecule has 4 aromatic rings. The van der Waals surface area contributed by atoms with Crippen LogP contribution >= 0.6 is 11.6 Å². The Bertz CT molecular complexity index is 1420. The summed E-state index contributed by atoms with van der Waals surface area (Å²) >= 11 is 6.01. The Morgan fingerprint density at radius 1 is 0.974 bits per heavy atom. The molecular weight excluding hydrogens is 512 g/mol. The molecule has 1 aliphatic rings. The van der Waals surface area contributed by atoms with Gasteiger partial charge in [0.2, 0.25) is 23.5 Å².